The molecule has 0 bridgehead atoms. The number of hydrogen-bond acceptors (Lipinski definition) is 32. The van der Waals surface area contributed by atoms with Gasteiger partial charge >= 0.3 is 217 Å². The molecule has 0 saturated carbocycles. The fourth-order valence-corrected chi connectivity index (χ4v) is 351. The van der Waals surface area contributed by atoms with Crippen LogP contribution in [-0.2, 0) is 142 Å². The molecule has 63 heteroatoms. The maximum absolute atomic E-state index is 13.0. The molecule has 0 heterocycles. The van der Waals surface area contributed by atoms with Gasteiger partial charge in [0.05, 0.1) is 0 Å². The van der Waals surface area contributed by atoms with E-state index in [9.17, 15) is 120 Å². The van der Waals surface area contributed by atoms with Gasteiger partial charge in [0.2, 0.25) is 17.1 Å². The van der Waals surface area contributed by atoms with E-state index in [4.69, 9.17) is 21.5 Å². The first kappa shape index (κ1) is 72.1. The Morgan fingerprint density at radius 1 is 0.268 bits per heavy atom. The third-order valence-corrected chi connectivity index (χ3v) is 240. The molecule has 0 spiro atoms. The minimum atomic E-state index is -4.68. The lowest BCUT2D eigenvalue weighted by molar-refractivity contribution is 0.0534. The fraction of sp³-hybridized carbons (Fsp3) is 1.00. The van der Waals surface area contributed by atoms with Crippen LogP contribution >= 0.6 is 0 Å². The first-order valence-electron chi connectivity index (χ1n) is 17.9. The van der Waals surface area contributed by atoms with E-state index < -0.39 is 243 Å². The zero-order valence-electron chi connectivity index (χ0n) is 36.8. The van der Waals surface area contributed by atoms with Crippen LogP contribution in [-0.4, -0.2) is 264 Å². The van der Waals surface area contributed by atoms with E-state index in [1.54, 1.807) is 19.6 Å². The van der Waals surface area contributed by atoms with E-state index in [2.05, 4.69) is 0 Å². The SMILES string of the molecule is CO[Si](OC)(OC)O[SiH2][Si](=O)[Si](=O)[Si](=O)[Si](=O)[Si](=O)[Si](=O)[Si](=O)[Si](=O)[Si](=O)[Si](=O)[Si](=O)[Si](=O)[Si](=O)[Si](=O)[Si](=O)[Si](=O)[Si](=O)[Si](=O)[Si](=O)[Si](=O)[Si](=O)[Si](=O)[Si](=O)[Si](=O)[Si](=O)[Si](=O)[Si](=O)[Si](C)(C)O[Si](C)(C)C. The largest absolute Gasteiger partial charge is 0.667 e. The van der Waals surface area contributed by atoms with Gasteiger partial charge in [-0.1, -0.05) is 0 Å². The normalized spacial score (nSPS) is 11.2. The standard InChI is InChI=1S/C8H26O32Si31/c1-36-71(37-2,38-3)39-41-42(9)43(10)44(11)45(12)46(13)47(14)48(15)49(16)50(17)51(18)52(19)53(20)54(21)55(22)56(23)57(24)58(25)59(26)60(27)61(28)62(29)63(30)64(31)65(32)66(33)67(34)68(35)70(7,8)40-69(4,5)6/h41H2,1-8H3. The van der Waals surface area contributed by atoms with E-state index in [1.807, 2.05) is 0 Å². The molecule has 0 aliphatic rings. The van der Waals surface area contributed by atoms with Crippen molar-refractivity contribution in [2.24, 2.45) is 0 Å². The molecule has 0 aliphatic heterocycles. The Kier molecular flexibility index (Phi) is 31.5. The molecule has 374 valence electrons. The van der Waals surface area contributed by atoms with Crippen molar-refractivity contribution in [1.82, 2.24) is 0 Å². The molecule has 0 aromatic heterocycles. The van der Waals surface area contributed by atoms with Gasteiger partial charge in [0.25, 0.3) is 0 Å². The highest BCUT2D eigenvalue weighted by Gasteiger charge is 2.59. The Bertz CT molecular complexity index is 2770. The second kappa shape index (κ2) is 31.1. The molecule has 0 saturated heterocycles. The summed E-state index contributed by atoms with van der Waals surface area (Å²) in [5.74, 6) is 0. The molecule has 0 unspecified atom stereocenters. The zero-order chi connectivity index (χ0) is 56.3. The molecule has 0 N–H and O–H groups in total. The van der Waals surface area contributed by atoms with E-state index in [1.165, 1.54) is 13.1 Å². The fourth-order valence-electron chi connectivity index (χ4n) is 4.33. The lowest BCUT2D eigenvalue weighted by atomic mass is 11.8. The van der Waals surface area contributed by atoms with Crippen LogP contribution in [0.4, 0.5) is 0 Å². The predicted molar refractivity (Wildman–Crippen MR) is 252 cm³/mol. The quantitative estimate of drug-likeness (QED) is 0.0532. The molecule has 0 aliphatic carbocycles. The van der Waals surface area contributed by atoms with Crippen LogP contribution in [0.25, 0.3) is 0 Å². The van der Waals surface area contributed by atoms with Gasteiger partial charge in [-0.05, 0) is 32.7 Å². The Morgan fingerprint density at radius 2 is 0.437 bits per heavy atom. The van der Waals surface area contributed by atoms with Crippen molar-refractivity contribution in [2.45, 2.75) is 32.7 Å². The summed E-state index contributed by atoms with van der Waals surface area (Å²) in [6.07, 6.45) is 0. The molecule has 0 aromatic rings. The average Bonchev–Trinajstić information content (AvgIpc) is 3.34. The van der Waals surface area contributed by atoms with Crippen LogP contribution in [0, 0.1) is 0 Å². The third-order valence-electron chi connectivity index (χ3n) is 7.65. The molecule has 0 amide bonds. The summed E-state index contributed by atoms with van der Waals surface area (Å²) in [5, 5.41) is 0. The van der Waals surface area contributed by atoms with Crippen LogP contribution in [0.2, 0.25) is 32.7 Å². The van der Waals surface area contributed by atoms with Crippen LogP contribution in [0.3, 0.4) is 0 Å². The van der Waals surface area contributed by atoms with Crippen molar-refractivity contribution in [3.05, 3.63) is 0 Å². The lowest BCUT2D eigenvalue weighted by Gasteiger charge is -2.28. The monoisotopic (exact) mass is 1500 g/mol. The second-order valence-electron chi connectivity index (χ2n) is 14.1. The Balaban J connectivity index is 5.88. The van der Waals surface area contributed by atoms with Gasteiger partial charge < -0.3 is 142 Å². The van der Waals surface area contributed by atoms with E-state index in [0.29, 0.717) is 0 Å². The minimum absolute atomic E-state index is 1.08. The van der Waals surface area contributed by atoms with Crippen molar-refractivity contribution in [2.75, 3.05) is 21.3 Å². The van der Waals surface area contributed by atoms with E-state index in [-0.39, 0.29) is 0 Å². The Hall–Kier alpha value is 1.12. The first-order chi connectivity index (χ1) is 32.2. The minimum Gasteiger partial charge on any atom is -0.453 e. The predicted octanol–water partition coefficient (Wildman–Crippen LogP) is -12.5. The van der Waals surface area contributed by atoms with Crippen LogP contribution < -0.4 is 0 Å². The number of rotatable bonds is 35. The van der Waals surface area contributed by atoms with Crippen molar-refractivity contribution >= 4 is 243 Å². The summed E-state index contributed by atoms with van der Waals surface area (Å²) in [4.78, 5) is 0. The van der Waals surface area contributed by atoms with Crippen molar-refractivity contribution < 1.29 is 142 Å². The molecule has 0 fully saturated rings. The van der Waals surface area contributed by atoms with Crippen molar-refractivity contribution in [3.8, 4) is 0 Å². The molecule has 71 heavy (non-hydrogen) atoms. The van der Waals surface area contributed by atoms with Crippen LogP contribution in [0.5, 0.6) is 0 Å². The summed E-state index contributed by atoms with van der Waals surface area (Å²) in [5.41, 5.74) is 0. The van der Waals surface area contributed by atoms with E-state index in [0.717, 1.165) is 21.3 Å². The smallest absolute Gasteiger partial charge is 0.453 e. The van der Waals surface area contributed by atoms with Gasteiger partial charge in [0.1, 0.15) is 0 Å². The van der Waals surface area contributed by atoms with Gasteiger partial charge in [-0.15, -0.1) is 0 Å². The summed E-state index contributed by atoms with van der Waals surface area (Å²) >= 11 is 0. The molecular formula is C8H26O32Si31. The highest BCUT2D eigenvalue weighted by atomic mass is 30.1. The van der Waals surface area contributed by atoms with Gasteiger partial charge in [-0.3, -0.25) is 0 Å². The Labute approximate surface area is 434 Å². The average molecular weight is 1500 g/mol. The highest BCUT2D eigenvalue weighted by molar-refractivity contribution is 7.84. The van der Waals surface area contributed by atoms with Crippen molar-refractivity contribution in [1.29, 1.82) is 0 Å². The summed E-state index contributed by atoms with van der Waals surface area (Å²) in [6, 6.07) is 0. The Morgan fingerprint density at radius 3 is 0.606 bits per heavy atom. The molecular weight excluding hydrogens is 1480 g/mol. The highest BCUT2D eigenvalue weighted by Crippen LogP contribution is 2.14. The molecule has 0 aromatic carbocycles. The molecule has 0 rings (SSSR count). The summed E-state index contributed by atoms with van der Waals surface area (Å²) in [6.45, 7) is 7.81. The van der Waals surface area contributed by atoms with Crippen molar-refractivity contribution in [3.63, 3.8) is 0 Å². The first-order valence-corrected chi connectivity index (χ1v) is 93.7. The molecule has 32 nitrogen and oxygen atoms in total. The lowest BCUT2D eigenvalue weighted by Crippen LogP contribution is -2.59. The maximum Gasteiger partial charge on any atom is 0.667 e. The summed E-state index contributed by atoms with van der Waals surface area (Å²) in [7, 11) is -127. The van der Waals surface area contributed by atoms with Gasteiger partial charge in [-0.25, -0.2) is 0 Å². The van der Waals surface area contributed by atoms with Gasteiger partial charge in [0, 0.05) is 21.3 Å². The molecule has 0 atom stereocenters. The second-order valence-corrected chi connectivity index (χ2v) is 164. The zero-order valence-corrected chi connectivity index (χ0v) is 68.2. The number of hydrogen-bond donors (Lipinski definition) is 0. The maximum atomic E-state index is 13.0. The third kappa shape index (κ3) is 19.5. The summed E-state index contributed by atoms with van der Waals surface area (Å²) < 4.78 is 370. The van der Waals surface area contributed by atoms with Gasteiger partial charge in [-0.2, -0.15) is 0 Å². The van der Waals surface area contributed by atoms with Gasteiger partial charge in [0.15, 0.2) is 8.32 Å². The van der Waals surface area contributed by atoms with Crippen LogP contribution in [0.1, 0.15) is 0 Å². The van der Waals surface area contributed by atoms with Crippen LogP contribution in [0.15, 0.2) is 0 Å². The molecule has 0 radical (unpaired) electrons. The van der Waals surface area contributed by atoms with E-state index >= 15 is 0 Å². The topological polar surface area (TPSA) is 507 Å².